The van der Waals surface area contributed by atoms with Crippen LogP contribution in [0.5, 0.6) is 0 Å². The van der Waals surface area contributed by atoms with E-state index in [0.29, 0.717) is 0 Å². The summed E-state index contributed by atoms with van der Waals surface area (Å²) >= 11 is 0. The zero-order valence-electron chi connectivity index (χ0n) is 22.3. The summed E-state index contributed by atoms with van der Waals surface area (Å²) in [4.78, 5) is 0. The molecule has 0 nitrogen and oxygen atoms in total. The van der Waals surface area contributed by atoms with E-state index in [9.17, 15) is 0 Å². The summed E-state index contributed by atoms with van der Waals surface area (Å²) in [5, 5.41) is 8.39. The summed E-state index contributed by atoms with van der Waals surface area (Å²) < 4.78 is 0. The molecule has 6 aromatic rings. The molecule has 6 aromatic carbocycles. The van der Waals surface area contributed by atoms with E-state index in [0.717, 1.165) is 0 Å². The van der Waals surface area contributed by atoms with Gasteiger partial charge in [-0.25, -0.2) is 0 Å². The second kappa shape index (κ2) is 18.7. The van der Waals surface area contributed by atoms with Crippen molar-refractivity contribution >= 4 is 47.7 Å². The van der Waals surface area contributed by atoms with Crippen molar-refractivity contribution in [2.75, 3.05) is 0 Å². The van der Waals surface area contributed by atoms with Crippen molar-refractivity contribution in [2.45, 2.75) is 0 Å². The van der Waals surface area contributed by atoms with Gasteiger partial charge in [0.1, 0.15) is 0 Å². The molecule has 205 valence electrons. The van der Waals surface area contributed by atoms with Crippen LogP contribution in [0.4, 0.5) is 0 Å². The van der Waals surface area contributed by atoms with Gasteiger partial charge in [-0.05, 0) is 47.7 Å². The van der Waals surface area contributed by atoms with Crippen LogP contribution in [0.25, 0.3) is 0 Å². The Labute approximate surface area is 270 Å². The summed E-state index contributed by atoms with van der Waals surface area (Å²) in [6.45, 7) is 0. The predicted octanol–water partition coefficient (Wildman–Crippen LogP) is 0.895. The van der Waals surface area contributed by atoms with Crippen molar-refractivity contribution < 1.29 is 41.9 Å². The zero-order valence-corrected chi connectivity index (χ0v) is 26.8. The normalized spacial score (nSPS) is 9.80. The molecule has 0 aliphatic rings. The van der Waals surface area contributed by atoms with E-state index in [2.05, 4.69) is 182 Å². The van der Waals surface area contributed by atoms with Gasteiger partial charge in [-0.15, -0.1) is 0 Å². The van der Waals surface area contributed by atoms with E-state index in [1.165, 1.54) is 31.8 Å². The van der Waals surface area contributed by atoms with Gasteiger partial charge < -0.3 is 24.8 Å². The number of rotatable bonds is 6. The molecule has 0 unspecified atom stereocenters. The second-order valence-corrected chi connectivity index (χ2v) is 13.1. The number of hydrogen-bond acceptors (Lipinski definition) is 0. The molecular weight excluding hydrogens is 620 g/mol. The molecule has 5 heteroatoms. The standard InChI is InChI=1S/2C18H15P.2ClH.Mn/c2*1-4-10-16(11-5-1)19(17-12-6-2-7-13-17)18-14-8-3-9-15-18;;;/h2*1-15H;2*1H;/q;;;;+2/p-2. The minimum absolute atomic E-state index is 0. The fraction of sp³-hybridized carbons (Fsp3) is 0. The molecule has 1 radical (unpaired) electrons. The van der Waals surface area contributed by atoms with Gasteiger partial charge in [0.15, 0.2) is 0 Å². The van der Waals surface area contributed by atoms with Crippen LogP contribution in [-0.2, 0) is 17.1 Å². The van der Waals surface area contributed by atoms with Gasteiger partial charge in [0.25, 0.3) is 0 Å². The first-order valence-corrected chi connectivity index (χ1v) is 15.5. The van der Waals surface area contributed by atoms with Crippen molar-refractivity contribution in [3.63, 3.8) is 0 Å². The zero-order chi connectivity index (χ0) is 25.8. The summed E-state index contributed by atoms with van der Waals surface area (Å²) in [5.74, 6) is 0. The Morgan fingerprint density at radius 3 is 0.463 bits per heavy atom. The maximum Gasteiger partial charge on any atom is 2.00 e. The molecular formula is C36H30Cl2MnP2. The van der Waals surface area contributed by atoms with E-state index < -0.39 is 15.8 Å². The van der Waals surface area contributed by atoms with Crippen LogP contribution in [-0.4, -0.2) is 0 Å². The maximum atomic E-state index is 2.23. The van der Waals surface area contributed by atoms with Crippen LogP contribution >= 0.6 is 15.8 Å². The van der Waals surface area contributed by atoms with Gasteiger partial charge >= 0.3 is 17.1 Å². The van der Waals surface area contributed by atoms with Gasteiger partial charge in [0, 0.05) is 0 Å². The molecule has 0 aliphatic carbocycles. The first kappa shape index (κ1) is 34.5. The molecule has 0 saturated heterocycles. The number of benzene rings is 6. The van der Waals surface area contributed by atoms with Crippen LogP contribution in [0.2, 0.25) is 0 Å². The Kier molecular flexibility index (Phi) is 15.7. The Balaban J connectivity index is 0.000000267. The monoisotopic (exact) mass is 649 g/mol. The van der Waals surface area contributed by atoms with E-state index in [1.807, 2.05) is 0 Å². The molecule has 0 aromatic heterocycles. The summed E-state index contributed by atoms with van der Waals surface area (Å²) in [6, 6.07) is 64.7. The molecule has 0 N–H and O–H groups in total. The van der Waals surface area contributed by atoms with Gasteiger partial charge in [0.05, 0.1) is 0 Å². The summed E-state index contributed by atoms with van der Waals surface area (Å²) in [6.07, 6.45) is 0. The molecule has 0 bridgehead atoms. The average Bonchev–Trinajstić information content (AvgIpc) is 3.01. The molecule has 0 amide bonds. The molecule has 6 rings (SSSR count). The minimum atomic E-state index is -0.446. The van der Waals surface area contributed by atoms with Gasteiger partial charge in [-0.3, -0.25) is 0 Å². The third kappa shape index (κ3) is 9.67. The van der Waals surface area contributed by atoms with E-state index in [1.54, 1.807) is 0 Å². The molecule has 0 saturated carbocycles. The molecule has 0 heterocycles. The van der Waals surface area contributed by atoms with Crippen LogP contribution < -0.4 is 56.6 Å². The minimum Gasteiger partial charge on any atom is -1.00 e. The molecule has 0 spiro atoms. The quantitative estimate of drug-likeness (QED) is 0.186. The summed E-state index contributed by atoms with van der Waals surface area (Å²) in [5.41, 5.74) is 0. The fourth-order valence-corrected chi connectivity index (χ4v) is 8.97. The van der Waals surface area contributed by atoms with Crippen molar-refractivity contribution in [1.29, 1.82) is 0 Å². The van der Waals surface area contributed by atoms with Crippen LogP contribution in [0, 0.1) is 0 Å². The third-order valence-electron chi connectivity index (χ3n) is 6.09. The largest absolute Gasteiger partial charge is 2.00 e. The van der Waals surface area contributed by atoms with Gasteiger partial charge in [-0.1, -0.05) is 182 Å². The molecule has 0 fully saturated rings. The topological polar surface area (TPSA) is 0 Å². The molecule has 0 aliphatic heterocycles. The Morgan fingerprint density at radius 2 is 0.341 bits per heavy atom. The van der Waals surface area contributed by atoms with Crippen LogP contribution in [0.3, 0.4) is 0 Å². The van der Waals surface area contributed by atoms with Crippen molar-refractivity contribution in [2.24, 2.45) is 0 Å². The first-order valence-electron chi connectivity index (χ1n) is 12.8. The molecule has 41 heavy (non-hydrogen) atoms. The summed E-state index contributed by atoms with van der Waals surface area (Å²) in [7, 11) is -0.892. The fourth-order valence-electron chi connectivity index (χ4n) is 4.36. The molecule has 0 atom stereocenters. The van der Waals surface area contributed by atoms with Crippen LogP contribution in [0.1, 0.15) is 0 Å². The predicted molar refractivity (Wildman–Crippen MR) is 170 cm³/mol. The maximum absolute atomic E-state index is 2.23. The van der Waals surface area contributed by atoms with Crippen molar-refractivity contribution in [1.82, 2.24) is 0 Å². The van der Waals surface area contributed by atoms with E-state index >= 15 is 0 Å². The smallest absolute Gasteiger partial charge is 1.00 e. The first-order chi connectivity index (χ1) is 18.9. The van der Waals surface area contributed by atoms with Crippen molar-refractivity contribution in [3.05, 3.63) is 182 Å². The Bertz CT molecular complexity index is 1180. The number of hydrogen-bond donors (Lipinski definition) is 0. The second-order valence-electron chi connectivity index (χ2n) is 8.68. The van der Waals surface area contributed by atoms with E-state index in [-0.39, 0.29) is 41.9 Å². The SMILES string of the molecule is [Cl-].[Cl-].[Mn+2].c1ccc(P(c2ccccc2)c2ccccc2)cc1.c1ccc(P(c2ccccc2)c2ccccc2)cc1. The number of halogens is 2. The van der Waals surface area contributed by atoms with Gasteiger partial charge in [-0.2, -0.15) is 0 Å². The Morgan fingerprint density at radius 1 is 0.220 bits per heavy atom. The van der Waals surface area contributed by atoms with Crippen LogP contribution in [0.15, 0.2) is 182 Å². The average molecular weight is 650 g/mol. The van der Waals surface area contributed by atoms with E-state index in [4.69, 9.17) is 0 Å². The third-order valence-corrected chi connectivity index (χ3v) is 11.0. The Hall–Kier alpha value is -2.72. The van der Waals surface area contributed by atoms with Crippen molar-refractivity contribution in [3.8, 4) is 0 Å². The van der Waals surface area contributed by atoms with Gasteiger partial charge in [0.2, 0.25) is 0 Å².